The monoisotopic (exact) mass is 316 g/mol. The van der Waals surface area contributed by atoms with Crippen molar-refractivity contribution in [2.24, 2.45) is 0 Å². The number of unbranched alkanes of at least 4 members (excludes halogenated alkanes) is 3. The van der Waals surface area contributed by atoms with E-state index in [1.807, 2.05) is 0 Å². The third-order valence-electron chi connectivity index (χ3n) is 4.81. The van der Waals surface area contributed by atoms with E-state index in [0.29, 0.717) is 5.92 Å². The van der Waals surface area contributed by atoms with Crippen LogP contribution in [-0.4, -0.2) is 19.0 Å². The maximum atomic E-state index is 11.1. The Kier molecular flexibility index (Phi) is 7.44. The average molecular weight is 316 g/mol. The van der Waals surface area contributed by atoms with Gasteiger partial charge < -0.3 is 10.6 Å². The van der Waals surface area contributed by atoms with Crippen molar-refractivity contribution >= 4 is 11.6 Å². The Balaban J connectivity index is 1.91. The summed E-state index contributed by atoms with van der Waals surface area (Å²) in [7, 11) is 0. The highest BCUT2D eigenvalue weighted by Gasteiger charge is 2.20. The molecule has 0 aliphatic heterocycles. The van der Waals surface area contributed by atoms with Crippen molar-refractivity contribution in [1.29, 1.82) is 0 Å². The van der Waals surface area contributed by atoms with Crippen LogP contribution in [0.1, 0.15) is 75.8 Å². The number of anilines is 1. The van der Waals surface area contributed by atoms with Crippen LogP contribution in [-0.2, 0) is 11.2 Å². The van der Waals surface area contributed by atoms with E-state index in [4.69, 9.17) is 0 Å². The van der Waals surface area contributed by atoms with Crippen molar-refractivity contribution in [2.45, 2.75) is 71.1 Å². The van der Waals surface area contributed by atoms with E-state index in [1.54, 1.807) is 6.92 Å². The van der Waals surface area contributed by atoms with Crippen LogP contribution in [0.5, 0.6) is 0 Å². The van der Waals surface area contributed by atoms with E-state index in [0.717, 1.165) is 19.5 Å². The number of rotatable bonds is 9. The number of fused-ring (bicyclic) bond motifs is 1. The fourth-order valence-corrected chi connectivity index (χ4v) is 3.51. The maximum absolute atomic E-state index is 11.1. The van der Waals surface area contributed by atoms with Gasteiger partial charge in [0.1, 0.15) is 0 Å². The number of carbonyl (C=O) groups excluding carboxylic acids is 1. The first-order chi connectivity index (χ1) is 11.2. The van der Waals surface area contributed by atoms with Crippen molar-refractivity contribution in [3.05, 3.63) is 29.3 Å². The van der Waals surface area contributed by atoms with Crippen molar-refractivity contribution < 1.29 is 4.79 Å². The maximum Gasteiger partial charge on any atom is 0.216 e. The minimum Gasteiger partial charge on any atom is -0.385 e. The molecule has 23 heavy (non-hydrogen) atoms. The first-order valence-corrected chi connectivity index (χ1v) is 9.32. The summed E-state index contributed by atoms with van der Waals surface area (Å²) in [6, 6.07) is 6.88. The van der Waals surface area contributed by atoms with Crippen LogP contribution in [0.3, 0.4) is 0 Å². The van der Waals surface area contributed by atoms with Gasteiger partial charge in [-0.25, -0.2) is 0 Å². The number of aryl methyl sites for hydroxylation is 1. The lowest BCUT2D eigenvalue weighted by atomic mass is 9.81. The fraction of sp³-hybridized carbons (Fsp3) is 0.650. The Morgan fingerprint density at radius 2 is 2.09 bits per heavy atom. The molecule has 0 saturated carbocycles. The SMILES string of the molecule is CCCCCCNc1ccc2c(c1)C(CCNC(C)=O)CCC2. The number of benzene rings is 1. The molecule has 2 N–H and O–H groups in total. The van der Waals surface area contributed by atoms with Crippen molar-refractivity contribution in [3.8, 4) is 0 Å². The van der Waals surface area contributed by atoms with Crippen LogP contribution in [0.15, 0.2) is 18.2 Å². The van der Waals surface area contributed by atoms with Crippen molar-refractivity contribution in [1.82, 2.24) is 5.32 Å². The van der Waals surface area contributed by atoms with E-state index >= 15 is 0 Å². The van der Waals surface area contributed by atoms with Gasteiger partial charge in [-0.2, -0.15) is 0 Å². The van der Waals surface area contributed by atoms with Gasteiger partial charge in [0, 0.05) is 25.7 Å². The lowest BCUT2D eigenvalue weighted by molar-refractivity contribution is -0.118. The van der Waals surface area contributed by atoms with Crippen molar-refractivity contribution in [2.75, 3.05) is 18.4 Å². The first kappa shape index (κ1) is 17.8. The molecule has 2 rings (SSSR count). The molecule has 0 spiro atoms. The lowest BCUT2D eigenvalue weighted by Gasteiger charge is -2.26. The molecule has 128 valence electrons. The largest absolute Gasteiger partial charge is 0.385 e. The predicted molar refractivity (Wildman–Crippen MR) is 98.1 cm³/mol. The highest BCUT2D eigenvalue weighted by atomic mass is 16.1. The predicted octanol–water partition coefficient (Wildman–Crippen LogP) is 4.62. The van der Waals surface area contributed by atoms with Crippen LogP contribution in [0.4, 0.5) is 5.69 Å². The van der Waals surface area contributed by atoms with Gasteiger partial charge in [-0.15, -0.1) is 0 Å². The quantitative estimate of drug-likeness (QED) is 0.652. The second-order valence-electron chi connectivity index (χ2n) is 6.76. The van der Waals surface area contributed by atoms with Crippen LogP contribution < -0.4 is 10.6 Å². The second kappa shape index (κ2) is 9.59. The van der Waals surface area contributed by atoms with Crippen LogP contribution in [0.2, 0.25) is 0 Å². The Hall–Kier alpha value is -1.51. The summed E-state index contributed by atoms with van der Waals surface area (Å²) in [5.74, 6) is 0.663. The molecule has 3 nitrogen and oxygen atoms in total. The standard InChI is InChI=1S/C20H32N2O/c1-3-4-5-6-13-22-19-11-10-17-8-7-9-18(20(17)15-19)12-14-21-16(2)23/h10-11,15,18,22H,3-9,12-14H2,1-2H3,(H,21,23). The number of amides is 1. The van der Waals surface area contributed by atoms with Gasteiger partial charge in [-0.05, 0) is 61.3 Å². The molecule has 1 aliphatic carbocycles. The molecule has 1 amide bonds. The highest BCUT2D eigenvalue weighted by Crippen LogP contribution is 2.35. The zero-order valence-corrected chi connectivity index (χ0v) is 14.8. The van der Waals surface area contributed by atoms with E-state index in [-0.39, 0.29) is 5.91 Å². The molecule has 0 saturated heterocycles. The lowest BCUT2D eigenvalue weighted by Crippen LogP contribution is -2.23. The summed E-state index contributed by atoms with van der Waals surface area (Å²) in [6.07, 6.45) is 9.93. The highest BCUT2D eigenvalue weighted by molar-refractivity contribution is 5.72. The number of carbonyl (C=O) groups is 1. The minimum atomic E-state index is 0.0727. The molecule has 3 heteroatoms. The van der Waals surface area contributed by atoms with Gasteiger partial charge in [-0.1, -0.05) is 32.3 Å². The normalized spacial score (nSPS) is 16.7. The Morgan fingerprint density at radius 3 is 2.87 bits per heavy atom. The van der Waals surface area contributed by atoms with Crippen LogP contribution in [0.25, 0.3) is 0 Å². The molecular weight excluding hydrogens is 284 g/mol. The molecule has 0 aromatic heterocycles. The molecule has 0 radical (unpaired) electrons. The molecule has 0 fully saturated rings. The number of nitrogens with one attached hydrogen (secondary N) is 2. The first-order valence-electron chi connectivity index (χ1n) is 9.32. The van der Waals surface area contributed by atoms with E-state index < -0.39 is 0 Å². The summed E-state index contributed by atoms with van der Waals surface area (Å²) < 4.78 is 0. The van der Waals surface area contributed by atoms with Gasteiger partial charge in [0.25, 0.3) is 0 Å². The molecule has 1 aromatic rings. The Morgan fingerprint density at radius 1 is 1.22 bits per heavy atom. The zero-order valence-electron chi connectivity index (χ0n) is 14.8. The van der Waals surface area contributed by atoms with E-state index in [2.05, 4.69) is 35.8 Å². The van der Waals surface area contributed by atoms with Gasteiger partial charge in [0.2, 0.25) is 5.91 Å². The summed E-state index contributed by atoms with van der Waals surface area (Å²) in [6.45, 7) is 5.69. The zero-order chi connectivity index (χ0) is 16.5. The van der Waals surface area contributed by atoms with Crippen LogP contribution in [0, 0.1) is 0 Å². The van der Waals surface area contributed by atoms with Gasteiger partial charge in [-0.3, -0.25) is 4.79 Å². The summed E-state index contributed by atoms with van der Waals surface area (Å²) >= 11 is 0. The molecule has 0 heterocycles. The summed E-state index contributed by atoms with van der Waals surface area (Å²) in [5, 5.41) is 6.52. The van der Waals surface area contributed by atoms with Gasteiger partial charge in [0.05, 0.1) is 0 Å². The molecule has 0 bridgehead atoms. The minimum absolute atomic E-state index is 0.0727. The van der Waals surface area contributed by atoms with E-state index in [1.165, 1.54) is 61.8 Å². The average Bonchev–Trinajstić information content (AvgIpc) is 2.54. The van der Waals surface area contributed by atoms with Crippen LogP contribution >= 0.6 is 0 Å². The van der Waals surface area contributed by atoms with Gasteiger partial charge in [0.15, 0.2) is 0 Å². The molecule has 1 aliphatic rings. The summed E-state index contributed by atoms with van der Waals surface area (Å²) in [5.41, 5.74) is 4.26. The molecule has 1 aromatic carbocycles. The number of hydrogen-bond acceptors (Lipinski definition) is 2. The smallest absolute Gasteiger partial charge is 0.216 e. The fourth-order valence-electron chi connectivity index (χ4n) is 3.51. The molecule has 1 atom stereocenters. The van der Waals surface area contributed by atoms with Crippen molar-refractivity contribution in [3.63, 3.8) is 0 Å². The summed E-state index contributed by atoms with van der Waals surface area (Å²) in [4.78, 5) is 11.1. The number of hydrogen-bond donors (Lipinski definition) is 2. The second-order valence-corrected chi connectivity index (χ2v) is 6.76. The third-order valence-corrected chi connectivity index (χ3v) is 4.81. The Labute approximate surface area is 141 Å². The Bertz CT molecular complexity index is 498. The molecular formula is C20H32N2O. The topological polar surface area (TPSA) is 41.1 Å². The van der Waals surface area contributed by atoms with Gasteiger partial charge >= 0.3 is 0 Å². The third kappa shape index (κ3) is 5.89. The molecule has 1 unspecified atom stereocenters. The van der Waals surface area contributed by atoms with E-state index in [9.17, 15) is 4.79 Å².